The van der Waals surface area contributed by atoms with Gasteiger partial charge in [0.15, 0.2) is 6.61 Å². The van der Waals surface area contributed by atoms with Crippen molar-refractivity contribution in [1.82, 2.24) is 10.6 Å². The fraction of sp³-hybridized carbons (Fsp3) is 0.214. The summed E-state index contributed by atoms with van der Waals surface area (Å²) in [6.07, 6.45) is 2.81. The molecule has 0 aromatic heterocycles. The Kier molecular flexibility index (Phi) is 7.17. The van der Waals surface area contributed by atoms with Crippen molar-refractivity contribution in [2.24, 2.45) is 0 Å². The van der Waals surface area contributed by atoms with Gasteiger partial charge in [-0.3, -0.25) is 9.59 Å². The number of esters is 1. The third kappa shape index (κ3) is 7.26. The molecular weight excluding hydrogens is 340 g/mol. The van der Waals surface area contributed by atoms with E-state index in [0.717, 1.165) is 10.0 Å². The molecule has 0 heterocycles. The van der Waals surface area contributed by atoms with Crippen LogP contribution in [-0.4, -0.2) is 38.0 Å². The zero-order chi connectivity index (χ0) is 15.7. The average molecular weight is 355 g/mol. The second kappa shape index (κ2) is 8.91. The summed E-state index contributed by atoms with van der Waals surface area (Å²) < 4.78 is 5.64. The van der Waals surface area contributed by atoms with Gasteiger partial charge in [0.25, 0.3) is 5.91 Å². The van der Waals surface area contributed by atoms with Crippen LogP contribution in [-0.2, 0) is 19.1 Å². The third-order valence-corrected chi connectivity index (χ3v) is 2.82. The van der Waals surface area contributed by atoms with E-state index in [1.807, 2.05) is 24.3 Å². The molecule has 0 radical (unpaired) electrons. The van der Waals surface area contributed by atoms with Crippen molar-refractivity contribution in [3.63, 3.8) is 0 Å². The highest BCUT2D eigenvalue weighted by atomic mass is 79.9. The van der Waals surface area contributed by atoms with Gasteiger partial charge in [0, 0.05) is 17.6 Å². The number of hydrogen-bond acceptors (Lipinski definition) is 4. The van der Waals surface area contributed by atoms with E-state index in [0.29, 0.717) is 0 Å². The molecule has 0 atom stereocenters. The lowest BCUT2D eigenvalue weighted by molar-refractivity contribution is -0.143. The predicted octanol–water partition coefficient (Wildman–Crippen LogP) is 0.868. The quantitative estimate of drug-likeness (QED) is 0.586. The summed E-state index contributed by atoms with van der Waals surface area (Å²) in [6, 6.07) is 7.36. The van der Waals surface area contributed by atoms with Crippen LogP contribution in [0.15, 0.2) is 34.8 Å². The van der Waals surface area contributed by atoms with Crippen molar-refractivity contribution in [1.29, 1.82) is 0 Å². The van der Waals surface area contributed by atoms with Crippen LogP contribution in [0.4, 0.5) is 0 Å². The maximum absolute atomic E-state index is 11.4. The first kappa shape index (κ1) is 16.9. The number of halogens is 1. The summed E-state index contributed by atoms with van der Waals surface area (Å²) in [7, 11) is 1.46. The normalized spacial score (nSPS) is 10.2. The minimum absolute atomic E-state index is 0.152. The highest BCUT2D eigenvalue weighted by molar-refractivity contribution is 9.10. The molecule has 0 fully saturated rings. The number of ether oxygens (including phenoxy) is 1. The van der Waals surface area contributed by atoms with Crippen LogP contribution in [0.2, 0.25) is 0 Å². The third-order valence-electron chi connectivity index (χ3n) is 2.33. The minimum Gasteiger partial charge on any atom is -0.452 e. The van der Waals surface area contributed by atoms with E-state index in [9.17, 15) is 14.4 Å². The lowest BCUT2D eigenvalue weighted by Gasteiger charge is -2.04. The van der Waals surface area contributed by atoms with Gasteiger partial charge in [-0.25, -0.2) is 4.79 Å². The van der Waals surface area contributed by atoms with Crippen LogP contribution < -0.4 is 10.6 Å². The summed E-state index contributed by atoms with van der Waals surface area (Å²) >= 11 is 3.32. The molecular formula is C14H15BrN2O4. The first-order valence-corrected chi connectivity index (χ1v) is 6.88. The monoisotopic (exact) mass is 354 g/mol. The van der Waals surface area contributed by atoms with Crippen LogP contribution in [0.1, 0.15) is 5.56 Å². The van der Waals surface area contributed by atoms with Crippen LogP contribution in [0.3, 0.4) is 0 Å². The molecule has 2 amide bonds. The minimum atomic E-state index is -0.634. The topological polar surface area (TPSA) is 84.5 Å². The molecule has 0 spiro atoms. The van der Waals surface area contributed by atoms with Gasteiger partial charge in [-0.1, -0.05) is 28.1 Å². The summed E-state index contributed by atoms with van der Waals surface area (Å²) in [5.41, 5.74) is 0.824. The zero-order valence-electron chi connectivity index (χ0n) is 11.4. The standard InChI is InChI=1S/C14H15BrN2O4/c1-16-12(18)8-17-13(19)9-21-14(20)6-5-10-3-2-4-11(15)7-10/h2-7H,8-9H2,1H3,(H,16,18)(H,17,19)/b6-5+. The van der Waals surface area contributed by atoms with Gasteiger partial charge >= 0.3 is 5.97 Å². The van der Waals surface area contributed by atoms with E-state index < -0.39 is 18.5 Å². The lowest BCUT2D eigenvalue weighted by atomic mass is 10.2. The van der Waals surface area contributed by atoms with Crippen LogP contribution in [0.5, 0.6) is 0 Å². The molecule has 1 rings (SSSR count). The Labute approximate surface area is 130 Å². The van der Waals surface area contributed by atoms with Crippen LogP contribution >= 0.6 is 15.9 Å². The van der Waals surface area contributed by atoms with E-state index in [1.54, 1.807) is 6.08 Å². The smallest absolute Gasteiger partial charge is 0.331 e. The fourth-order valence-electron chi connectivity index (χ4n) is 1.28. The number of hydrogen-bond donors (Lipinski definition) is 2. The van der Waals surface area contributed by atoms with Gasteiger partial charge < -0.3 is 15.4 Å². The molecule has 1 aromatic carbocycles. The van der Waals surface area contributed by atoms with E-state index in [1.165, 1.54) is 13.1 Å². The number of rotatable bonds is 6. The number of amides is 2. The zero-order valence-corrected chi connectivity index (χ0v) is 13.0. The number of carbonyl (C=O) groups excluding carboxylic acids is 3. The second-order valence-electron chi connectivity index (χ2n) is 3.95. The maximum atomic E-state index is 11.4. The Morgan fingerprint density at radius 2 is 2.05 bits per heavy atom. The molecule has 0 unspecified atom stereocenters. The van der Waals surface area contributed by atoms with Gasteiger partial charge in [0.2, 0.25) is 5.91 Å². The molecule has 2 N–H and O–H groups in total. The number of likely N-dealkylation sites (N-methyl/N-ethyl adjacent to an activating group) is 1. The molecule has 0 saturated carbocycles. The summed E-state index contributed by atoms with van der Waals surface area (Å²) in [5.74, 6) is -1.50. The number of benzene rings is 1. The highest BCUT2D eigenvalue weighted by Crippen LogP contribution is 2.12. The first-order valence-electron chi connectivity index (χ1n) is 6.09. The largest absolute Gasteiger partial charge is 0.452 e. The van der Waals surface area contributed by atoms with Crippen molar-refractivity contribution in [3.05, 3.63) is 40.4 Å². The van der Waals surface area contributed by atoms with E-state index in [2.05, 4.69) is 26.6 Å². The molecule has 0 bridgehead atoms. The molecule has 0 aliphatic heterocycles. The number of nitrogens with one attached hydrogen (secondary N) is 2. The molecule has 7 heteroatoms. The first-order chi connectivity index (χ1) is 10.0. The van der Waals surface area contributed by atoms with Gasteiger partial charge in [-0.15, -0.1) is 0 Å². The van der Waals surface area contributed by atoms with Crippen molar-refractivity contribution in [3.8, 4) is 0 Å². The average Bonchev–Trinajstić information content (AvgIpc) is 2.48. The lowest BCUT2D eigenvalue weighted by Crippen LogP contribution is -2.37. The molecule has 0 saturated heterocycles. The van der Waals surface area contributed by atoms with Gasteiger partial charge in [0.05, 0.1) is 6.54 Å². The SMILES string of the molecule is CNC(=O)CNC(=O)COC(=O)/C=C/c1cccc(Br)c1. The van der Waals surface area contributed by atoms with Gasteiger partial charge in [-0.05, 0) is 23.8 Å². The fourth-order valence-corrected chi connectivity index (χ4v) is 1.69. The molecule has 21 heavy (non-hydrogen) atoms. The Balaban J connectivity index is 2.34. The molecule has 0 aliphatic carbocycles. The Morgan fingerprint density at radius 1 is 1.29 bits per heavy atom. The maximum Gasteiger partial charge on any atom is 0.331 e. The highest BCUT2D eigenvalue weighted by Gasteiger charge is 2.06. The molecule has 6 nitrogen and oxygen atoms in total. The van der Waals surface area contributed by atoms with Crippen LogP contribution in [0, 0.1) is 0 Å². The van der Waals surface area contributed by atoms with E-state index >= 15 is 0 Å². The molecule has 112 valence electrons. The summed E-state index contributed by atoms with van der Waals surface area (Å²) in [4.78, 5) is 33.6. The summed E-state index contributed by atoms with van der Waals surface area (Å²) in [5, 5.41) is 4.66. The van der Waals surface area contributed by atoms with Crippen molar-refractivity contribution >= 4 is 39.8 Å². The molecule has 1 aromatic rings. The summed E-state index contributed by atoms with van der Waals surface area (Å²) in [6.45, 7) is -0.584. The second-order valence-corrected chi connectivity index (χ2v) is 4.86. The Hall–Kier alpha value is -2.15. The van der Waals surface area contributed by atoms with E-state index in [-0.39, 0.29) is 12.5 Å². The van der Waals surface area contributed by atoms with Crippen molar-refractivity contribution < 1.29 is 19.1 Å². The van der Waals surface area contributed by atoms with Crippen molar-refractivity contribution in [2.45, 2.75) is 0 Å². The van der Waals surface area contributed by atoms with Crippen LogP contribution in [0.25, 0.3) is 6.08 Å². The molecule has 0 aliphatic rings. The van der Waals surface area contributed by atoms with Gasteiger partial charge in [0.1, 0.15) is 0 Å². The Bertz CT molecular complexity index is 558. The van der Waals surface area contributed by atoms with Crippen molar-refractivity contribution in [2.75, 3.05) is 20.2 Å². The van der Waals surface area contributed by atoms with Gasteiger partial charge in [-0.2, -0.15) is 0 Å². The number of carbonyl (C=O) groups is 3. The van der Waals surface area contributed by atoms with E-state index in [4.69, 9.17) is 4.74 Å². The Morgan fingerprint density at radius 3 is 2.71 bits per heavy atom. The predicted molar refractivity (Wildman–Crippen MR) is 81.2 cm³/mol.